The summed E-state index contributed by atoms with van der Waals surface area (Å²) in [5, 5.41) is 11.8. The van der Waals surface area contributed by atoms with E-state index in [2.05, 4.69) is 50.2 Å². The summed E-state index contributed by atoms with van der Waals surface area (Å²) in [5.41, 5.74) is -3.54. The molecule has 1 rings (SSSR count). The Labute approximate surface area is 478 Å². The highest BCUT2D eigenvalue weighted by Gasteiger charge is 2.50. The lowest BCUT2D eigenvalue weighted by Crippen LogP contribution is -2.52. The highest BCUT2D eigenvalue weighted by Crippen LogP contribution is 2.45. The maximum atomic E-state index is 13.9. The molecule has 18 nitrogen and oxygen atoms in total. The Morgan fingerprint density at radius 2 is 1.03 bits per heavy atom. The lowest BCUT2D eigenvalue weighted by atomic mass is 9.67. The van der Waals surface area contributed by atoms with E-state index in [0.717, 1.165) is 18.5 Å². The van der Waals surface area contributed by atoms with E-state index in [1.165, 1.54) is 11.8 Å². The van der Waals surface area contributed by atoms with Gasteiger partial charge in [-0.1, -0.05) is 88.1 Å². The Bertz CT molecular complexity index is 2420. The number of thiocarbonyl (C=S) groups is 1. The van der Waals surface area contributed by atoms with Gasteiger partial charge in [0.1, 0.15) is 0 Å². The molecule has 0 saturated carbocycles. The first-order valence-electron chi connectivity index (χ1n) is 26.0. The third-order valence-corrected chi connectivity index (χ3v) is 16.8. The molecule has 6 N–H and O–H groups in total. The highest BCUT2D eigenvalue weighted by molar-refractivity contribution is 8.25. The smallest absolute Gasteiger partial charge is 0.265 e. The van der Waals surface area contributed by atoms with Crippen molar-refractivity contribution in [2.24, 2.45) is 16.2 Å². The zero-order chi connectivity index (χ0) is 59.8. The van der Waals surface area contributed by atoms with Crippen LogP contribution < -0.4 is 21.3 Å². The van der Waals surface area contributed by atoms with Crippen molar-refractivity contribution in [1.82, 2.24) is 21.3 Å². The van der Waals surface area contributed by atoms with Crippen LogP contribution in [0.4, 0.5) is 0 Å². The summed E-state index contributed by atoms with van der Waals surface area (Å²) >= 11 is 11.2. The molecule has 3 atom stereocenters. The number of hydrogen-bond donors (Lipinski definition) is 7. The number of carbonyl (C=O) groups excluding carboxylic acids is 4. The van der Waals surface area contributed by atoms with Crippen LogP contribution in [0.1, 0.15) is 126 Å². The molecule has 0 aliphatic rings. The van der Waals surface area contributed by atoms with E-state index >= 15 is 0 Å². The molecule has 23 heteroatoms. The summed E-state index contributed by atoms with van der Waals surface area (Å²) in [6.07, 6.45) is 5.38. The summed E-state index contributed by atoms with van der Waals surface area (Å²) in [6.45, 7) is 39.3. The predicted molar refractivity (Wildman–Crippen MR) is 320 cm³/mol. The predicted octanol–water partition coefficient (Wildman–Crippen LogP) is 7.29. The van der Waals surface area contributed by atoms with Gasteiger partial charge in [-0.2, -0.15) is 29.5 Å². The molecule has 0 heterocycles. The van der Waals surface area contributed by atoms with Gasteiger partial charge in [0.15, 0.2) is 0 Å². The third kappa shape index (κ3) is 30.5. The van der Waals surface area contributed by atoms with Gasteiger partial charge >= 0.3 is 0 Å². The zero-order valence-corrected chi connectivity index (χ0v) is 52.5. The molecular formula is C54H94N8O10S5+2. The van der Waals surface area contributed by atoms with Gasteiger partial charge in [0.2, 0.25) is 34.7 Å². The molecular weight excluding hydrogens is 1080 g/mol. The number of amides is 4. The van der Waals surface area contributed by atoms with Crippen molar-refractivity contribution < 1.29 is 54.1 Å². The fraction of sp³-hybridized carbons (Fsp3) is 0.722. The number of thioether (sulfide) groups is 1. The minimum atomic E-state index is -4.00. The van der Waals surface area contributed by atoms with Gasteiger partial charge in [-0.3, -0.25) is 28.3 Å². The molecule has 0 fully saturated rings. The van der Waals surface area contributed by atoms with E-state index in [4.69, 9.17) is 34.5 Å². The summed E-state index contributed by atoms with van der Waals surface area (Å²) in [4.78, 5) is 61.0. The number of hydrogen-bond acceptors (Lipinski definition) is 11. The molecule has 0 aliphatic carbocycles. The third-order valence-electron chi connectivity index (χ3n) is 13.1. The average Bonchev–Trinajstić information content (AvgIpc) is 3.29. The van der Waals surface area contributed by atoms with E-state index in [9.17, 15) is 36.0 Å². The molecule has 4 amide bonds. The minimum absolute atomic E-state index is 0.141. The van der Waals surface area contributed by atoms with Crippen LogP contribution in [-0.4, -0.2) is 176 Å². The van der Waals surface area contributed by atoms with Crippen molar-refractivity contribution in [3.05, 3.63) is 71.4 Å². The monoisotopic (exact) mass is 1170 g/mol. The van der Waals surface area contributed by atoms with Gasteiger partial charge in [-0.15, -0.1) is 6.58 Å². The lowest BCUT2D eigenvalue weighted by Gasteiger charge is -2.38. The van der Waals surface area contributed by atoms with E-state index in [1.807, 2.05) is 93.1 Å². The molecule has 0 radical (unpaired) electrons. The van der Waals surface area contributed by atoms with Crippen LogP contribution in [0, 0.1) is 29.4 Å². The number of carbonyl (C=O) groups is 4. The number of quaternary nitrogens is 2. The van der Waals surface area contributed by atoms with Gasteiger partial charge in [0.05, 0.1) is 85.6 Å². The SMILES string of the molecule is [C-]#[N+]C(C)(C)CC(C)(CC(C)(C)C(=O)NCCC[N+](C)(C)CCCS(=O)(=O)O)C(=O)NCCCS.[C-]#[N+]C(C)(C)CC(C)(CC(C)(SC(=S)c1ccccc1)C(=O)NCCC[N+](C)(C)CCCS(=O)(=O)O)C(=O)NCC=C. The van der Waals surface area contributed by atoms with Gasteiger partial charge in [0.25, 0.3) is 20.2 Å². The summed E-state index contributed by atoms with van der Waals surface area (Å²) in [6, 6.07) is 9.40. The van der Waals surface area contributed by atoms with Crippen molar-refractivity contribution in [1.29, 1.82) is 0 Å². The van der Waals surface area contributed by atoms with Crippen molar-refractivity contribution in [2.75, 3.05) is 97.8 Å². The van der Waals surface area contributed by atoms with Crippen LogP contribution in [0.15, 0.2) is 43.0 Å². The van der Waals surface area contributed by atoms with Crippen molar-refractivity contribution >= 4 is 84.7 Å². The largest absolute Gasteiger partial charge is 0.356 e. The van der Waals surface area contributed by atoms with Crippen molar-refractivity contribution in [3.8, 4) is 0 Å². The first kappa shape index (κ1) is 73.3. The first-order chi connectivity index (χ1) is 35.1. The minimum Gasteiger partial charge on any atom is -0.356 e. The van der Waals surface area contributed by atoms with Crippen LogP contribution in [0.2, 0.25) is 0 Å². The molecule has 1 aromatic carbocycles. The van der Waals surface area contributed by atoms with E-state index in [-0.39, 0.29) is 54.5 Å². The fourth-order valence-electron chi connectivity index (χ4n) is 9.53. The highest BCUT2D eigenvalue weighted by atomic mass is 32.2. The van der Waals surface area contributed by atoms with Gasteiger partial charge in [-0.05, 0) is 37.5 Å². The summed E-state index contributed by atoms with van der Waals surface area (Å²) < 4.78 is 62.3. The van der Waals surface area contributed by atoms with Crippen molar-refractivity contribution in [3.63, 3.8) is 0 Å². The quantitative estimate of drug-likeness (QED) is 0.00675. The summed E-state index contributed by atoms with van der Waals surface area (Å²) in [7, 11) is -0.0597. The Balaban J connectivity index is 0.00000153. The van der Waals surface area contributed by atoms with Crippen LogP contribution in [0.5, 0.6) is 0 Å². The second-order valence-corrected chi connectivity index (χ2v) is 29.9. The summed E-state index contributed by atoms with van der Waals surface area (Å²) in [5.74, 6) is -0.699. The molecule has 3 unspecified atom stereocenters. The number of thiol groups is 1. The van der Waals surface area contributed by atoms with Gasteiger partial charge in [0, 0.05) is 97.8 Å². The fourth-order valence-corrected chi connectivity index (χ4v) is 12.6. The molecule has 0 bridgehead atoms. The average molecular weight is 1180 g/mol. The topological polar surface area (TPSA) is 234 Å². The first-order valence-corrected chi connectivity index (χ1v) is 31.1. The molecule has 1 aromatic rings. The van der Waals surface area contributed by atoms with E-state index < -0.39 is 52.3 Å². The lowest BCUT2D eigenvalue weighted by molar-refractivity contribution is -0.890. The second-order valence-electron chi connectivity index (χ2n) is 24.1. The number of rotatable bonds is 35. The van der Waals surface area contributed by atoms with Gasteiger partial charge in [-0.25, -0.2) is 13.1 Å². The van der Waals surface area contributed by atoms with Crippen LogP contribution in [0.25, 0.3) is 9.69 Å². The molecule has 0 aromatic heterocycles. The normalized spacial score (nSPS) is 14.8. The van der Waals surface area contributed by atoms with E-state index in [1.54, 1.807) is 33.8 Å². The molecule has 0 saturated heterocycles. The van der Waals surface area contributed by atoms with Gasteiger partial charge < -0.3 is 39.9 Å². The standard InChI is InChI=1S/C30H46N4O5S3.C24H46N4O5S2/c1-9-17-32-26(35)29(4,22-28(2,3)31-6)23-30(5,41-25(40)24-15-11-10-12-16-24)27(36)33-18-13-19-34(7,8)20-14-21-42(37,38)39;1-22(2,18-24(5,19-23(3,4)25-6)21(30)27-13-10-16-34)20(29)26-12-9-14-28(7,8)15-11-17-35(31,32)33/h9-12,15-16H,1,13-14,17-23H2,2-5,7-8H3,(H2-,32,33,35,36,37,38,39);9-19H2,1-5,7-8H3,(H3-,26,27,29,30,31,32,33,34)/p+2. The van der Waals surface area contributed by atoms with Crippen LogP contribution in [-0.2, 0) is 39.4 Å². The Hall–Kier alpha value is -3.65. The van der Waals surface area contributed by atoms with Crippen LogP contribution in [0.3, 0.4) is 0 Å². The number of benzene rings is 1. The Morgan fingerprint density at radius 3 is 1.44 bits per heavy atom. The second kappa shape index (κ2) is 32.0. The maximum absolute atomic E-state index is 13.9. The zero-order valence-electron chi connectivity index (χ0n) is 48.3. The number of nitrogens with one attached hydrogen (secondary N) is 4. The Kier molecular flexibility index (Phi) is 30.4. The van der Waals surface area contributed by atoms with Crippen LogP contribution >= 0.6 is 36.6 Å². The Morgan fingerprint density at radius 1 is 0.636 bits per heavy atom. The molecule has 77 heavy (non-hydrogen) atoms. The number of nitrogens with zero attached hydrogens (tertiary/aromatic N) is 4. The van der Waals surface area contributed by atoms with E-state index in [0.29, 0.717) is 96.7 Å². The maximum Gasteiger partial charge on any atom is 0.265 e. The molecule has 0 aliphatic heterocycles. The molecule has 0 spiro atoms. The van der Waals surface area contributed by atoms with Crippen molar-refractivity contribution in [2.45, 2.75) is 136 Å². The molecule has 438 valence electrons.